The molecule has 0 radical (unpaired) electrons. The lowest BCUT2D eigenvalue weighted by molar-refractivity contribution is -0.133. The molecule has 0 N–H and O–H groups in total. The number of hydrogen-bond acceptors (Lipinski definition) is 1. The molecule has 0 unspecified atom stereocenters. The van der Waals surface area contributed by atoms with Crippen molar-refractivity contribution in [1.82, 2.24) is 4.90 Å². The average molecular weight is 201 g/mol. The maximum absolute atomic E-state index is 11.7. The van der Waals surface area contributed by atoms with Crippen molar-refractivity contribution in [3.63, 3.8) is 0 Å². The molecule has 78 valence electrons. The summed E-state index contributed by atoms with van der Waals surface area (Å²) in [6.45, 7) is 0. The highest BCUT2D eigenvalue weighted by molar-refractivity contribution is 5.82. The SMILES string of the molecule is CN1C(=O)[C@H]2C[C@H](c3ccccc3)[C@@H]1C2. The number of piperidine rings is 1. The zero-order valence-corrected chi connectivity index (χ0v) is 8.89. The zero-order valence-electron chi connectivity index (χ0n) is 8.89. The molecule has 3 rings (SSSR count). The third-order valence-electron chi connectivity index (χ3n) is 3.95. The minimum Gasteiger partial charge on any atom is -0.342 e. The van der Waals surface area contributed by atoms with Crippen LogP contribution in [0, 0.1) is 5.92 Å². The molecule has 1 aromatic carbocycles. The van der Waals surface area contributed by atoms with Gasteiger partial charge in [-0.2, -0.15) is 0 Å². The van der Waals surface area contributed by atoms with Gasteiger partial charge in [0, 0.05) is 24.9 Å². The first-order valence-corrected chi connectivity index (χ1v) is 5.59. The monoisotopic (exact) mass is 201 g/mol. The fourth-order valence-corrected chi connectivity index (χ4v) is 3.16. The van der Waals surface area contributed by atoms with Crippen molar-refractivity contribution in [2.45, 2.75) is 24.8 Å². The summed E-state index contributed by atoms with van der Waals surface area (Å²) in [7, 11) is 1.95. The Morgan fingerprint density at radius 1 is 1.20 bits per heavy atom. The number of fused-ring (bicyclic) bond motifs is 2. The molecule has 2 fully saturated rings. The Kier molecular flexibility index (Phi) is 1.84. The summed E-state index contributed by atoms with van der Waals surface area (Å²) in [6, 6.07) is 11.0. The highest BCUT2D eigenvalue weighted by Crippen LogP contribution is 2.46. The van der Waals surface area contributed by atoms with E-state index >= 15 is 0 Å². The number of amides is 1. The Bertz CT molecular complexity index is 383. The van der Waals surface area contributed by atoms with E-state index in [1.165, 1.54) is 5.56 Å². The van der Waals surface area contributed by atoms with Crippen LogP contribution in [0.1, 0.15) is 24.3 Å². The van der Waals surface area contributed by atoms with Crippen molar-refractivity contribution in [2.75, 3.05) is 7.05 Å². The van der Waals surface area contributed by atoms with Gasteiger partial charge in [0.25, 0.3) is 0 Å². The van der Waals surface area contributed by atoms with Crippen molar-refractivity contribution in [3.05, 3.63) is 35.9 Å². The molecule has 2 heteroatoms. The summed E-state index contributed by atoms with van der Waals surface area (Å²) in [5.41, 5.74) is 1.39. The van der Waals surface area contributed by atoms with E-state index in [1.807, 2.05) is 18.0 Å². The highest BCUT2D eigenvalue weighted by Gasteiger charge is 2.49. The van der Waals surface area contributed by atoms with Crippen molar-refractivity contribution >= 4 is 5.91 Å². The van der Waals surface area contributed by atoms with Gasteiger partial charge in [0.1, 0.15) is 0 Å². The molecule has 3 atom stereocenters. The lowest BCUT2D eigenvalue weighted by Crippen LogP contribution is -2.37. The fourth-order valence-electron chi connectivity index (χ4n) is 3.16. The standard InChI is InChI=1S/C13H15NO/c1-14-12-8-10(13(14)15)7-11(12)9-5-3-2-4-6-9/h2-6,10-12H,7-8H2,1H3/t10-,11+,12-/m0/s1. The highest BCUT2D eigenvalue weighted by atomic mass is 16.2. The first-order valence-electron chi connectivity index (χ1n) is 5.59. The first-order chi connectivity index (χ1) is 7.27. The van der Waals surface area contributed by atoms with Crippen LogP contribution < -0.4 is 0 Å². The van der Waals surface area contributed by atoms with Crippen molar-refractivity contribution in [3.8, 4) is 0 Å². The maximum Gasteiger partial charge on any atom is 0.225 e. The number of carbonyl (C=O) groups is 1. The minimum atomic E-state index is 0.296. The van der Waals surface area contributed by atoms with Gasteiger partial charge >= 0.3 is 0 Å². The Morgan fingerprint density at radius 3 is 2.53 bits per heavy atom. The van der Waals surface area contributed by atoms with Gasteiger partial charge in [-0.25, -0.2) is 0 Å². The first kappa shape index (κ1) is 8.96. The van der Waals surface area contributed by atoms with E-state index in [-0.39, 0.29) is 0 Å². The van der Waals surface area contributed by atoms with Crippen molar-refractivity contribution in [2.24, 2.45) is 5.92 Å². The molecule has 2 nitrogen and oxygen atoms in total. The molecular formula is C13H15NO. The normalized spacial score (nSPS) is 33.8. The van der Waals surface area contributed by atoms with E-state index in [4.69, 9.17) is 0 Å². The van der Waals surface area contributed by atoms with Crippen LogP contribution in [0.25, 0.3) is 0 Å². The van der Waals surface area contributed by atoms with Gasteiger partial charge in [0.15, 0.2) is 0 Å². The summed E-state index contributed by atoms with van der Waals surface area (Å²) >= 11 is 0. The third-order valence-corrected chi connectivity index (χ3v) is 3.95. The topological polar surface area (TPSA) is 20.3 Å². The lowest BCUT2D eigenvalue weighted by atomic mass is 9.90. The maximum atomic E-state index is 11.7. The number of carbonyl (C=O) groups excluding carboxylic acids is 1. The largest absolute Gasteiger partial charge is 0.342 e. The van der Waals surface area contributed by atoms with Crippen LogP contribution in [0.2, 0.25) is 0 Å². The number of nitrogens with zero attached hydrogens (tertiary/aromatic N) is 1. The summed E-state index contributed by atoms with van der Waals surface area (Å²) < 4.78 is 0. The van der Waals surface area contributed by atoms with E-state index < -0.39 is 0 Å². The number of benzene rings is 1. The Morgan fingerprint density at radius 2 is 1.93 bits per heavy atom. The van der Waals surface area contributed by atoms with Gasteiger partial charge in [0.2, 0.25) is 5.91 Å². The lowest BCUT2D eigenvalue weighted by Gasteiger charge is -2.30. The van der Waals surface area contributed by atoms with Crippen LogP contribution in [0.15, 0.2) is 30.3 Å². The third kappa shape index (κ3) is 1.21. The van der Waals surface area contributed by atoms with E-state index in [9.17, 15) is 4.79 Å². The van der Waals surface area contributed by atoms with E-state index in [0.717, 1.165) is 12.8 Å². The minimum absolute atomic E-state index is 0.296. The van der Waals surface area contributed by atoms with E-state index in [0.29, 0.717) is 23.8 Å². The number of likely N-dealkylation sites (N-methyl/N-ethyl adjacent to an activating group) is 1. The molecule has 1 saturated heterocycles. The van der Waals surface area contributed by atoms with Crippen LogP contribution in [0.5, 0.6) is 0 Å². The van der Waals surface area contributed by atoms with E-state index in [1.54, 1.807) is 0 Å². The fraction of sp³-hybridized carbons (Fsp3) is 0.462. The molecule has 2 bridgehead atoms. The number of rotatable bonds is 1. The van der Waals surface area contributed by atoms with E-state index in [2.05, 4.69) is 24.3 Å². The Labute approximate surface area is 89.9 Å². The molecule has 1 aliphatic heterocycles. The summed E-state index contributed by atoms with van der Waals surface area (Å²) in [4.78, 5) is 13.6. The van der Waals surface area contributed by atoms with Crippen LogP contribution in [0.3, 0.4) is 0 Å². The molecule has 15 heavy (non-hydrogen) atoms. The Balaban J connectivity index is 1.90. The molecule has 1 aliphatic carbocycles. The Hall–Kier alpha value is -1.31. The predicted octanol–water partition coefficient (Wildman–Crippen LogP) is 2.02. The van der Waals surface area contributed by atoms with Crippen LogP contribution in [-0.4, -0.2) is 23.9 Å². The molecule has 0 spiro atoms. The number of likely N-dealkylation sites (tertiary alicyclic amines) is 1. The van der Waals surface area contributed by atoms with Crippen molar-refractivity contribution < 1.29 is 4.79 Å². The van der Waals surface area contributed by atoms with Gasteiger partial charge in [-0.15, -0.1) is 0 Å². The second-order valence-electron chi connectivity index (χ2n) is 4.70. The second kappa shape index (κ2) is 3.09. The average Bonchev–Trinajstić information content (AvgIpc) is 2.82. The number of hydrogen-bond donors (Lipinski definition) is 0. The van der Waals surface area contributed by atoms with Crippen molar-refractivity contribution in [1.29, 1.82) is 0 Å². The molecule has 1 saturated carbocycles. The summed E-state index contributed by atoms with van der Waals surface area (Å²) in [6.07, 6.45) is 2.12. The summed E-state index contributed by atoms with van der Waals surface area (Å²) in [5.74, 6) is 1.22. The molecule has 0 aromatic heterocycles. The molecule has 1 heterocycles. The second-order valence-corrected chi connectivity index (χ2v) is 4.70. The van der Waals surface area contributed by atoms with Gasteiger partial charge in [-0.05, 0) is 18.4 Å². The van der Waals surface area contributed by atoms with Gasteiger partial charge in [0.05, 0.1) is 0 Å². The van der Waals surface area contributed by atoms with Gasteiger partial charge in [-0.1, -0.05) is 30.3 Å². The van der Waals surface area contributed by atoms with Crippen LogP contribution >= 0.6 is 0 Å². The van der Waals surface area contributed by atoms with Crippen LogP contribution in [0.4, 0.5) is 0 Å². The van der Waals surface area contributed by atoms with Crippen LogP contribution in [-0.2, 0) is 4.79 Å². The summed E-state index contributed by atoms with van der Waals surface area (Å²) in [5, 5.41) is 0. The quantitative estimate of drug-likeness (QED) is 0.680. The molecule has 2 aliphatic rings. The predicted molar refractivity (Wildman–Crippen MR) is 58.5 cm³/mol. The smallest absolute Gasteiger partial charge is 0.225 e. The van der Waals surface area contributed by atoms with Gasteiger partial charge < -0.3 is 4.90 Å². The molecule has 1 aromatic rings. The molecule has 1 amide bonds. The van der Waals surface area contributed by atoms with Gasteiger partial charge in [-0.3, -0.25) is 4.79 Å². The molecular weight excluding hydrogens is 186 g/mol. The zero-order chi connectivity index (χ0) is 10.4.